The van der Waals surface area contributed by atoms with Gasteiger partial charge in [0.2, 0.25) is 0 Å². The van der Waals surface area contributed by atoms with Gasteiger partial charge in [-0.05, 0) is 48.6 Å². The number of methoxy groups -OCH3 is 1. The largest absolute Gasteiger partial charge is 0.468 e. The van der Waals surface area contributed by atoms with Crippen LogP contribution in [0.3, 0.4) is 0 Å². The zero-order chi connectivity index (χ0) is 15.4. The van der Waals surface area contributed by atoms with Crippen LogP contribution in [-0.2, 0) is 16.0 Å². The van der Waals surface area contributed by atoms with Gasteiger partial charge in [-0.2, -0.15) is 0 Å². The number of hydrogen-bond donors (Lipinski definition) is 1. The summed E-state index contributed by atoms with van der Waals surface area (Å²) in [4.78, 5) is 15.6. The highest BCUT2D eigenvalue weighted by molar-refractivity contribution is 5.75. The predicted molar refractivity (Wildman–Crippen MR) is 82.8 cm³/mol. The Morgan fingerprint density at radius 2 is 1.90 bits per heavy atom. The topological polar surface area (TPSA) is 65.2 Å². The third-order valence-electron chi connectivity index (χ3n) is 3.68. The van der Waals surface area contributed by atoms with Crippen molar-refractivity contribution in [2.75, 3.05) is 7.11 Å². The van der Waals surface area contributed by atoms with E-state index in [1.165, 1.54) is 18.2 Å². The molecule has 21 heavy (non-hydrogen) atoms. The van der Waals surface area contributed by atoms with Gasteiger partial charge in [0.15, 0.2) is 0 Å². The van der Waals surface area contributed by atoms with Crippen LogP contribution in [0.4, 0.5) is 0 Å². The predicted octanol–water partition coefficient (Wildman–Crippen LogP) is 2.41. The lowest BCUT2D eigenvalue weighted by atomic mass is 9.98. The van der Waals surface area contributed by atoms with Gasteiger partial charge in [-0.25, -0.2) is 0 Å². The number of aryl methyl sites for hydroxylation is 1. The number of nitrogens with zero attached hydrogens (tertiary/aromatic N) is 1. The molecular formula is C17H20N2O2. The van der Waals surface area contributed by atoms with Crippen molar-refractivity contribution in [1.29, 1.82) is 0 Å². The van der Waals surface area contributed by atoms with Gasteiger partial charge < -0.3 is 10.5 Å². The number of carbonyl (C=O) groups excluding carboxylic acids is 1. The van der Waals surface area contributed by atoms with Crippen LogP contribution < -0.4 is 5.73 Å². The average molecular weight is 284 g/mol. The van der Waals surface area contributed by atoms with Crippen molar-refractivity contribution in [3.63, 3.8) is 0 Å². The lowest BCUT2D eigenvalue weighted by molar-refractivity contribution is -0.142. The minimum Gasteiger partial charge on any atom is -0.468 e. The van der Waals surface area contributed by atoms with Crippen LogP contribution in [0.25, 0.3) is 11.1 Å². The van der Waals surface area contributed by atoms with E-state index in [9.17, 15) is 4.79 Å². The first-order valence-corrected chi connectivity index (χ1v) is 6.88. The quantitative estimate of drug-likeness (QED) is 0.876. The molecule has 0 spiro atoms. The van der Waals surface area contributed by atoms with E-state index in [4.69, 9.17) is 5.73 Å². The molecule has 0 aliphatic heterocycles. The van der Waals surface area contributed by atoms with E-state index in [-0.39, 0.29) is 5.97 Å². The van der Waals surface area contributed by atoms with Gasteiger partial charge in [0.1, 0.15) is 6.04 Å². The van der Waals surface area contributed by atoms with Gasteiger partial charge >= 0.3 is 5.97 Å². The molecule has 0 amide bonds. The molecule has 110 valence electrons. The molecule has 0 fully saturated rings. The Kier molecular flexibility index (Phi) is 4.70. The fourth-order valence-corrected chi connectivity index (χ4v) is 2.26. The Morgan fingerprint density at radius 1 is 1.24 bits per heavy atom. The molecule has 0 bridgehead atoms. The molecule has 2 N–H and O–H groups in total. The molecule has 1 aromatic carbocycles. The second-order valence-corrected chi connectivity index (χ2v) is 5.10. The van der Waals surface area contributed by atoms with Gasteiger partial charge in [0.05, 0.1) is 7.11 Å². The van der Waals surface area contributed by atoms with Crippen molar-refractivity contribution in [3.05, 3.63) is 53.3 Å². The fraction of sp³-hybridized carbons (Fsp3) is 0.294. The summed E-state index contributed by atoms with van der Waals surface area (Å²) in [6, 6.07) is 9.46. The highest BCUT2D eigenvalue weighted by Crippen LogP contribution is 2.24. The second kappa shape index (κ2) is 6.50. The van der Waals surface area contributed by atoms with Crippen molar-refractivity contribution in [1.82, 2.24) is 4.98 Å². The van der Waals surface area contributed by atoms with Crippen LogP contribution >= 0.6 is 0 Å². The first-order chi connectivity index (χ1) is 10.0. The normalized spacial score (nSPS) is 12.0. The van der Waals surface area contributed by atoms with Crippen LogP contribution in [0, 0.1) is 13.8 Å². The Morgan fingerprint density at radius 3 is 2.52 bits per heavy atom. The molecule has 4 nitrogen and oxygen atoms in total. The number of nitrogens with two attached hydrogens (primary N) is 1. The van der Waals surface area contributed by atoms with Crippen molar-refractivity contribution in [3.8, 4) is 11.1 Å². The van der Waals surface area contributed by atoms with Gasteiger partial charge in [-0.15, -0.1) is 0 Å². The summed E-state index contributed by atoms with van der Waals surface area (Å²) in [6.07, 6.45) is 2.29. The van der Waals surface area contributed by atoms with Gasteiger partial charge in [0, 0.05) is 11.9 Å². The third-order valence-corrected chi connectivity index (χ3v) is 3.68. The molecule has 0 aliphatic rings. The lowest BCUT2D eigenvalue weighted by Crippen LogP contribution is -2.33. The molecular weight excluding hydrogens is 264 g/mol. The highest BCUT2D eigenvalue weighted by atomic mass is 16.5. The summed E-state index contributed by atoms with van der Waals surface area (Å²) in [5, 5.41) is 0. The second-order valence-electron chi connectivity index (χ2n) is 5.10. The van der Waals surface area contributed by atoms with E-state index in [0.717, 1.165) is 16.8 Å². The zero-order valence-electron chi connectivity index (χ0n) is 12.6. The standard InChI is InChI=1S/C17H20N2O2/c1-11-12(2)19-9-8-15(11)14-6-4-13(5-7-14)10-16(18)17(20)21-3/h4-9,16H,10,18H2,1-3H3/t16-/m0/s1. The summed E-state index contributed by atoms with van der Waals surface area (Å²) >= 11 is 0. The van der Waals surface area contributed by atoms with E-state index in [0.29, 0.717) is 6.42 Å². The fourth-order valence-electron chi connectivity index (χ4n) is 2.26. The van der Waals surface area contributed by atoms with Gasteiger partial charge in [-0.1, -0.05) is 24.3 Å². The summed E-state index contributed by atoms with van der Waals surface area (Å²) in [6.45, 7) is 4.07. The number of ether oxygens (including phenoxy) is 1. The third kappa shape index (κ3) is 3.47. The summed E-state index contributed by atoms with van der Waals surface area (Å²) in [5.41, 5.74) is 11.3. The maximum Gasteiger partial charge on any atom is 0.322 e. The minimum absolute atomic E-state index is 0.389. The number of hydrogen-bond acceptors (Lipinski definition) is 4. The maximum absolute atomic E-state index is 11.3. The zero-order valence-corrected chi connectivity index (χ0v) is 12.6. The SMILES string of the molecule is COC(=O)[C@@H](N)Cc1ccc(-c2ccnc(C)c2C)cc1. The first kappa shape index (κ1) is 15.2. The number of esters is 1. The Labute approximate surface area is 125 Å². The Hall–Kier alpha value is -2.20. The van der Waals surface area contributed by atoms with Crippen molar-refractivity contribution in [2.24, 2.45) is 5.73 Å². The maximum atomic E-state index is 11.3. The Balaban J connectivity index is 2.19. The molecule has 0 saturated heterocycles. The smallest absolute Gasteiger partial charge is 0.322 e. The highest BCUT2D eigenvalue weighted by Gasteiger charge is 2.14. The van der Waals surface area contributed by atoms with Crippen LogP contribution in [-0.4, -0.2) is 24.1 Å². The molecule has 1 heterocycles. The van der Waals surface area contributed by atoms with Gasteiger partial charge in [0.25, 0.3) is 0 Å². The molecule has 1 atom stereocenters. The van der Waals surface area contributed by atoms with Crippen LogP contribution in [0.5, 0.6) is 0 Å². The van der Waals surface area contributed by atoms with E-state index < -0.39 is 6.04 Å². The van der Waals surface area contributed by atoms with E-state index >= 15 is 0 Å². The molecule has 1 aromatic heterocycles. The molecule has 0 unspecified atom stereocenters. The summed E-state index contributed by atoms with van der Waals surface area (Å²) in [5.74, 6) is -0.389. The van der Waals surface area contributed by atoms with Crippen LogP contribution in [0.2, 0.25) is 0 Å². The summed E-state index contributed by atoms with van der Waals surface area (Å²) in [7, 11) is 1.35. The van der Waals surface area contributed by atoms with Crippen molar-refractivity contribution in [2.45, 2.75) is 26.3 Å². The van der Waals surface area contributed by atoms with E-state index in [2.05, 4.69) is 16.6 Å². The van der Waals surface area contributed by atoms with E-state index in [1.807, 2.05) is 43.5 Å². The molecule has 2 aromatic rings. The Bertz CT molecular complexity index is 636. The van der Waals surface area contributed by atoms with Crippen LogP contribution in [0.15, 0.2) is 36.5 Å². The van der Waals surface area contributed by atoms with Crippen LogP contribution in [0.1, 0.15) is 16.8 Å². The molecule has 4 heteroatoms. The monoisotopic (exact) mass is 284 g/mol. The number of aromatic nitrogens is 1. The minimum atomic E-state index is -0.620. The number of rotatable bonds is 4. The van der Waals surface area contributed by atoms with Crippen molar-refractivity contribution < 1.29 is 9.53 Å². The molecule has 2 rings (SSSR count). The van der Waals surface area contributed by atoms with Crippen molar-refractivity contribution >= 4 is 5.97 Å². The number of carbonyl (C=O) groups is 1. The number of pyridine rings is 1. The molecule has 0 aliphatic carbocycles. The molecule has 0 saturated carbocycles. The van der Waals surface area contributed by atoms with Gasteiger partial charge in [-0.3, -0.25) is 9.78 Å². The first-order valence-electron chi connectivity index (χ1n) is 6.88. The summed E-state index contributed by atoms with van der Waals surface area (Å²) < 4.78 is 4.64. The molecule has 0 radical (unpaired) electrons. The lowest BCUT2D eigenvalue weighted by Gasteiger charge is -2.11. The van der Waals surface area contributed by atoms with E-state index in [1.54, 1.807) is 0 Å². The number of benzene rings is 1. The average Bonchev–Trinajstić information content (AvgIpc) is 2.50.